The molecule has 29 heavy (non-hydrogen) atoms. The zero-order valence-electron chi connectivity index (χ0n) is 15.8. The summed E-state index contributed by atoms with van der Waals surface area (Å²) in [6.07, 6.45) is -0.0806. The van der Waals surface area contributed by atoms with Crippen LogP contribution in [0.5, 0.6) is 0 Å². The average Bonchev–Trinajstić information content (AvgIpc) is 2.72. The molecule has 0 radical (unpaired) electrons. The molecule has 2 aliphatic rings. The summed E-state index contributed by atoms with van der Waals surface area (Å²) < 4.78 is 24.6. The number of halogens is 1. The van der Waals surface area contributed by atoms with Gasteiger partial charge in [-0.05, 0) is 17.7 Å². The molecule has 2 bridgehead atoms. The van der Waals surface area contributed by atoms with Crippen molar-refractivity contribution in [3.05, 3.63) is 71.0 Å². The second kappa shape index (κ2) is 7.82. The van der Waals surface area contributed by atoms with E-state index in [9.17, 15) is 19.6 Å². The van der Waals surface area contributed by atoms with Crippen molar-refractivity contribution in [3.63, 3.8) is 0 Å². The van der Waals surface area contributed by atoms with Crippen molar-refractivity contribution in [2.75, 3.05) is 13.2 Å². The number of nitrogens with zero attached hydrogens (tertiary/aromatic N) is 2. The van der Waals surface area contributed by atoms with Gasteiger partial charge in [0.25, 0.3) is 0 Å². The van der Waals surface area contributed by atoms with Gasteiger partial charge in [-0.15, -0.1) is 0 Å². The Balaban J connectivity index is 1.53. The molecule has 4 rings (SSSR count). The number of aliphatic hydroxyl groups is 1. The molecule has 2 aliphatic heterocycles. The molecule has 0 aliphatic carbocycles. The number of fused-ring (bicyclic) bond motifs is 2. The Labute approximate surface area is 168 Å². The summed E-state index contributed by atoms with van der Waals surface area (Å²) in [5, 5.41) is 20.7. The van der Waals surface area contributed by atoms with Gasteiger partial charge in [0.05, 0.1) is 42.5 Å². The van der Waals surface area contributed by atoms with Crippen LogP contribution in [0.2, 0.25) is 0 Å². The predicted molar refractivity (Wildman–Crippen MR) is 101 cm³/mol. The van der Waals surface area contributed by atoms with Crippen molar-refractivity contribution in [1.29, 1.82) is 5.26 Å². The van der Waals surface area contributed by atoms with Crippen molar-refractivity contribution in [2.24, 2.45) is 0 Å². The molecule has 0 saturated carbocycles. The molecule has 2 atom stereocenters. The minimum Gasteiger partial charge on any atom is -0.445 e. The summed E-state index contributed by atoms with van der Waals surface area (Å²) >= 11 is 0. The highest BCUT2D eigenvalue weighted by Crippen LogP contribution is 2.42. The van der Waals surface area contributed by atoms with Crippen LogP contribution in [0.3, 0.4) is 0 Å². The van der Waals surface area contributed by atoms with Crippen LogP contribution in [0.1, 0.15) is 29.5 Å². The van der Waals surface area contributed by atoms with Gasteiger partial charge in [0.15, 0.2) is 0 Å². The first-order valence-corrected chi connectivity index (χ1v) is 9.49. The molecule has 1 amide bonds. The minimum atomic E-state index is -1.34. The third-order valence-corrected chi connectivity index (χ3v) is 5.57. The molecule has 0 aromatic heterocycles. The minimum absolute atomic E-state index is 0.103. The van der Waals surface area contributed by atoms with Crippen molar-refractivity contribution in [3.8, 4) is 6.07 Å². The quantitative estimate of drug-likeness (QED) is 0.862. The van der Waals surface area contributed by atoms with Gasteiger partial charge in [-0.25, -0.2) is 9.18 Å². The predicted octanol–water partition coefficient (Wildman–Crippen LogP) is 3.08. The number of hydrogen-bond donors (Lipinski definition) is 1. The van der Waals surface area contributed by atoms with Gasteiger partial charge in [0.1, 0.15) is 12.4 Å². The number of ether oxygens (including phenoxy) is 2. The van der Waals surface area contributed by atoms with E-state index in [1.54, 1.807) is 4.90 Å². The SMILES string of the molecule is N#Cc1cc(F)ccc1C1(O)CC2COCC(C1)N2C(=O)OCc1ccccc1. The summed E-state index contributed by atoms with van der Waals surface area (Å²) in [6, 6.07) is 14.4. The molecule has 0 spiro atoms. The van der Waals surface area contributed by atoms with Gasteiger partial charge < -0.3 is 14.6 Å². The summed E-state index contributed by atoms with van der Waals surface area (Å²) in [7, 11) is 0. The van der Waals surface area contributed by atoms with E-state index in [0.29, 0.717) is 5.56 Å². The molecule has 7 heteroatoms. The lowest BCUT2D eigenvalue weighted by Gasteiger charge is -2.51. The maximum Gasteiger partial charge on any atom is 0.410 e. The summed E-state index contributed by atoms with van der Waals surface area (Å²) in [4.78, 5) is 14.4. The summed E-state index contributed by atoms with van der Waals surface area (Å²) in [5.74, 6) is -0.528. The first-order valence-electron chi connectivity index (χ1n) is 9.49. The van der Waals surface area contributed by atoms with E-state index in [1.807, 2.05) is 36.4 Å². The van der Waals surface area contributed by atoms with E-state index in [0.717, 1.165) is 11.6 Å². The number of amides is 1. The van der Waals surface area contributed by atoms with E-state index in [2.05, 4.69) is 0 Å². The summed E-state index contributed by atoms with van der Waals surface area (Å²) in [6.45, 7) is 0.696. The molecule has 2 heterocycles. The van der Waals surface area contributed by atoms with Crippen molar-refractivity contribution in [1.82, 2.24) is 4.90 Å². The molecule has 2 unspecified atom stereocenters. The number of rotatable bonds is 3. The zero-order valence-corrected chi connectivity index (χ0v) is 15.8. The zero-order chi connectivity index (χ0) is 20.4. The first-order chi connectivity index (χ1) is 14.0. The molecule has 2 fully saturated rings. The monoisotopic (exact) mass is 396 g/mol. The van der Waals surface area contributed by atoms with Crippen LogP contribution in [0, 0.1) is 17.1 Å². The molecular weight excluding hydrogens is 375 g/mol. The topological polar surface area (TPSA) is 82.8 Å². The van der Waals surface area contributed by atoms with Gasteiger partial charge in [-0.2, -0.15) is 5.26 Å². The maximum absolute atomic E-state index is 13.5. The Bertz CT molecular complexity index is 930. The number of hydrogen-bond acceptors (Lipinski definition) is 5. The van der Waals surface area contributed by atoms with Crippen LogP contribution in [-0.2, 0) is 21.7 Å². The lowest BCUT2D eigenvalue weighted by molar-refractivity contribution is -0.137. The van der Waals surface area contributed by atoms with Gasteiger partial charge in [-0.1, -0.05) is 36.4 Å². The molecular formula is C22H21FN2O4. The number of morpholine rings is 1. The highest BCUT2D eigenvalue weighted by atomic mass is 19.1. The fourth-order valence-electron chi connectivity index (χ4n) is 4.30. The fourth-order valence-corrected chi connectivity index (χ4v) is 4.30. The highest BCUT2D eigenvalue weighted by Gasteiger charge is 2.50. The smallest absolute Gasteiger partial charge is 0.410 e. The molecule has 2 aromatic carbocycles. The Morgan fingerprint density at radius 3 is 2.59 bits per heavy atom. The van der Waals surface area contributed by atoms with Crippen LogP contribution >= 0.6 is 0 Å². The van der Waals surface area contributed by atoms with Crippen molar-refractivity contribution < 1.29 is 23.8 Å². The Morgan fingerprint density at radius 1 is 1.24 bits per heavy atom. The average molecular weight is 396 g/mol. The molecule has 1 N–H and O–H groups in total. The highest BCUT2D eigenvalue weighted by molar-refractivity contribution is 5.69. The van der Waals surface area contributed by atoms with Crippen molar-refractivity contribution >= 4 is 6.09 Å². The Hall–Kier alpha value is -2.95. The molecule has 150 valence electrons. The van der Waals surface area contributed by atoms with E-state index < -0.39 is 29.6 Å². The lowest BCUT2D eigenvalue weighted by atomic mass is 9.75. The third kappa shape index (κ3) is 3.82. The van der Waals surface area contributed by atoms with E-state index in [4.69, 9.17) is 9.47 Å². The standard InChI is InChI=1S/C22H21FN2O4/c23-17-6-7-20(16(8-17)11-24)22(27)9-18-13-28-14-19(10-22)25(18)21(26)29-12-15-4-2-1-3-5-15/h1-8,18-19,27H,9-10,12-14H2. The fraction of sp³-hybridized carbons (Fsp3) is 0.364. The van der Waals surface area contributed by atoms with E-state index in [1.165, 1.54) is 12.1 Å². The first kappa shape index (κ1) is 19.4. The van der Waals surface area contributed by atoms with E-state index >= 15 is 0 Å². The Morgan fingerprint density at radius 2 is 1.93 bits per heavy atom. The lowest BCUT2D eigenvalue weighted by Crippen LogP contribution is -2.62. The van der Waals surface area contributed by atoms with Gasteiger partial charge in [-0.3, -0.25) is 4.90 Å². The normalized spacial score (nSPS) is 25.9. The third-order valence-electron chi connectivity index (χ3n) is 5.57. The molecule has 2 saturated heterocycles. The van der Waals surface area contributed by atoms with Gasteiger partial charge >= 0.3 is 6.09 Å². The van der Waals surface area contributed by atoms with Crippen LogP contribution in [0.4, 0.5) is 9.18 Å². The van der Waals surface area contributed by atoms with Crippen LogP contribution in [0.25, 0.3) is 0 Å². The number of carbonyl (C=O) groups excluding carboxylic acids is 1. The van der Waals surface area contributed by atoms with Crippen molar-refractivity contribution in [2.45, 2.75) is 37.1 Å². The Kier molecular flexibility index (Phi) is 5.22. The largest absolute Gasteiger partial charge is 0.445 e. The van der Waals surface area contributed by atoms with Crippen LogP contribution < -0.4 is 0 Å². The van der Waals surface area contributed by atoms with E-state index in [-0.39, 0.29) is 38.2 Å². The van der Waals surface area contributed by atoms with Crippen LogP contribution in [-0.4, -0.2) is 41.4 Å². The number of piperidine rings is 1. The van der Waals surface area contributed by atoms with Gasteiger partial charge in [0, 0.05) is 18.4 Å². The second-order valence-corrected chi connectivity index (χ2v) is 7.53. The maximum atomic E-state index is 13.5. The second-order valence-electron chi connectivity index (χ2n) is 7.53. The molecule has 6 nitrogen and oxygen atoms in total. The van der Waals surface area contributed by atoms with Crippen LogP contribution in [0.15, 0.2) is 48.5 Å². The number of benzene rings is 2. The number of nitriles is 1. The molecule has 2 aromatic rings. The summed E-state index contributed by atoms with van der Waals surface area (Å²) in [5.41, 5.74) is 0.0385. The van der Waals surface area contributed by atoms with Gasteiger partial charge in [0.2, 0.25) is 0 Å². The number of carbonyl (C=O) groups is 1.